The highest BCUT2D eigenvalue weighted by Gasteiger charge is 2.31. The molecule has 0 aromatic carbocycles. The number of pyridine rings is 1. The number of amides is 1. The third-order valence-corrected chi connectivity index (χ3v) is 4.01. The molecule has 0 saturated carbocycles. The summed E-state index contributed by atoms with van der Waals surface area (Å²) in [5, 5.41) is 3.99. The molecule has 2 aliphatic heterocycles. The van der Waals surface area contributed by atoms with E-state index < -0.39 is 0 Å². The fourth-order valence-corrected chi connectivity index (χ4v) is 2.92. The average molecular weight is 266 g/mol. The first kappa shape index (κ1) is 11.9. The van der Waals surface area contributed by atoms with Crippen molar-refractivity contribution in [1.82, 2.24) is 15.2 Å². The van der Waals surface area contributed by atoms with Crippen molar-refractivity contribution >= 4 is 17.5 Å². The largest absolute Gasteiger partial charge is 0.337 e. The number of rotatable bonds is 1. The predicted octanol–water partition coefficient (Wildman–Crippen LogP) is 1.70. The number of likely N-dealkylation sites (tertiary alicyclic amines) is 1. The van der Waals surface area contributed by atoms with Crippen molar-refractivity contribution in [1.29, 1.82) is 0 Å². The second-order valence-corrected chi connectivity index (χ2v) is 5.43. The van der Waals surface area contributed by atoms with Gasteiger partial charge in [0.2, 0.25) is 0 Å². The van der Waals surface area contributed by atoms with Gasteiger partial charge in [0.25, 0.3) is 5.91 Å². The smallest absolute Gasteiger partial charge is 0.255 e. The van der Waals surface area contributed by atoms with Gasteiger partial charge < -0.3 is 10.2 Å². The SMILES string of the molecule is O=C(c1ccc(Cl)nc1)N1CCC2CCC(C1)N2. The fraction of sp³-hybridized carbons (Fsp3) is 0.538. The molecule has 0 spiro atoms. The van der Waals surface area contributed by atoms with Crippen molar-refractivity contribution in [3.8, 4) is 0 Å². The molecule has 1 aromatic heterocycles. The summed E-state index contributed by atoms with van der Waals surface area (Å²) < 4.78 is 0. The molecule has 0 aliphatic carbocycles. The molecule has 1 aromatic rings. The number of aromatic nitrogens is 1. The summed E-state index contributed by atoms with van der Waals surface area (Å²) >= 11 is 5.73. The average Bonchev–Trinajstić information content (AvgIpc) is 2.69. The predicted molar refractivity (Wildman–Crippen MR) is 69.7 cm³/mol. The first-order valence-electron chi connectivity index (χ1n) is 6.39. The standard InChI is InChI=1S/C13H16ClN3O/c14-12-4-1-9(7-15-12)13(18)17-6-5-10-2-3-11(8-17)16-10/h1,4,7,10-11,16H,2-3,5-6,8H2. The van der Waals surface area contributed by atoms with Crippen molar-refractivity contribution in [2.45, 2.75) is 31.3 Å². The Morgan fingerprint density at radius 1 is 1.33 bits per heavy atom. The second kappa shape index (κ2) is 4.86. The molecular formula is C13H16ClN3O. The lowest BCUT2D eigenvalue weighted by Crippen LogP contribution is -2.39. The Morgan fingerprint density at radius 2 is 2.17 bits per heavy atom. The topological polar surface area (TPSA) is 45.2 Å². The maximum atomic E-state index is 12.4. The van der Waals surface area contributed by atoms with Crippen molar-refractivity contribution < 1.29 is 4.79 Å². The molecule has 3 heterocycles. The molecule has 96 valence electrons. The van der Waals surface area contributed by atoms with Crippen LogP contribution in [-0.2, 0) is 0 Å². The van der Waals surface area contributed by atoms with Gasteiger partial charge in [-0.2, -0.15) is 0 Å². The lowest BCUT2D eigenvalue weighted by molar-refractivity contribution is 0.0748. The van der Waals surface area contributed by atoms with Crippen LogP contribution in [0.2, 0.25) is 5.15 Å². The van der Waals surface area contributed by atoms with Crippen LogP contribution in [0.3, 0.4) is 0 Å². The Balaban J connectivity index is 1.74. The van der Waals surface area contributed by atoms with E-state index in [1.165, 1.54) is 12.8 Å². The summed E-state index contributed by atoms with van der Waals surface area (Å²) in [6.45, 7) is 1.63. The monoisotopic (exact) mass is 265 g/mol. The molecule has 0 radical (unpaired) electrons. The first-order chi connectivity index (χ1) is 8.72. The number of carbonyl (C=O) groups excluding carboxylic acids is 1. The second-order valence-electron chi connectivity index (χ2n) is 5.05. The van der Waals surface area contributed by atoms with Crippen LogP contribution in [-0.4, -0.2) is 41.0 Å². The summed E-state index contributed by atoms with van der Waals surface area (Å²) in [7, 11) is 0. The molecule has 2 atom stereocenters. The van der Waals surface area contributed by atoms with Crippen molar-refractivity contribution in [3.63, 3.8) is 0 Å². The molecule has 2 saturated heterocycles. The summed E-state index contributed by atoms with van der Waals surface area (Å²) in [5.74, 6) is 0.0634. The van der Waals surface area contributed by atoms with Gasteiger partial charge >= 0.3 is 0 Å². The molecular weight excluding hydrogens is 250 g/mol. The molecule has 18 heavy (non-hydrogen) atoms. The number of fused-ring (bicyclic) bond motifs is 2. The van der Waals surface area contributed by atoms with Gasteiger partial charge in [-0.3, -0.25) is 4.79 Å². The van der Waals surface area contributed by atoms with Crippen molar-refractivity contribution in [2.24, 2.45) is 0 Å². The Bertz CT molecular complexity index is 448. The number of carbonyl (C=O) groups is 1. The minimum Gasteiger partial charge on any atom is -0.337 e. The van der Waals surface area contributed by atoms with Crippen molar-refractivity contribution in [2.75, 3.05) is 13.1 Å². The van der Waals surface area contributed by atoms with Crippen LogP contribution in [0.4, 0.5) is 0 Å². The molecule has 1 N–H and O–H groups in total. The van der Waals surface area contributed by atoms with Crippen LogP contribution in [0, 0.1) is 0 Å². The number of nitrogens with one attached hydrogen (secondary N) is 1. The van der Waals surface area contributed by atoms with Crippen LogP contribution >= 0.6 is 11.6 Å². The van der Waals surface area contributed by atoms with Gasteiger partial charge in [0.05, 0.1) is 5.56 Å². The summed E-state index contributed by atoms with van der Waals surface area (Å²) in [6, 6.07) is 4.46. The Labute approximate surface area is 111 Å². The summed E-state index contributed by atoms with van der Waals surface area (Å²) in [5.41, 5.74) is 0.622. The van der Waals surface area contributed by atoms with Crippen LogP contribution < -0.4 is 5.32 Å². The molecule has 2 aliphatic rings. The minimum absolute atomic E-state index is 0.0634. The third kappa shape index (κ3) is 2.35. The van der Waals surface area contributed by atoms with E-state index in [4.69, 9.17) is 11.6 Å². The number of hydrogen-bond acceptors (Lipinski definition) is 3. The maximum absolute atomic E-state index is 12.4. The van der Waals surface area contributed by atoms with Crippen molar-refractivity contribution in [3.05, 3.63) is 29.0 Å². The van der Waals surface area contributed by atoms with E-state index in [1.807, 2.05) is 4.90 Å². The van der Waals surface area contributed by atoms with Crippen LogP contribution in [0.1, 0.15) is 29.6 Å². The van der Waals surface area contributed by atoms with Gasteiger partial charge in [-0.1, -0.05) is 11.6 Å². The van der Waals surface area contributed by atoms with E-state index in [-0.39, 0.29) is 5.91 Å². The highest BCUT2D eigenvalue weighted by molar-refractivity contribution is 6.29. The van der Waals surface area contributed by atoms with Crippen LogP contribution in [0.15, 0.2) is 18.3 Å². The molecule has 3 rings (SSSR count). The number of halogens is 1. The Morgan fingerprint density at radius 3 is 2.94 bits per heavy atom. The van der Waals surface area contributed by atoms with E-state index in [2.05, 4.69) is 10.3 Å². The zero-order chi connectivity index (χ0) is 12.5. The van der Waals surface area contributed by atoms with E-state index in [0.29, 0.717) is 22.8 Å². The van der Waals surface area contributed by atoms with Gasteiger partial charge in [-0.25, -0.2) is 4.98 Å². The first-order valence-corrected chi connectivity index (χ1v) is 6.77. The number of hydrogen-bond donors (Lipinski definition) is 1. The summed E-state index contributed by atoms with van der Waals surface area (Å²) in [4.78, 5) is 18.3. The van der Waals surface area contributed by atoms with E-state index in [9.17, 15) is 4.79 Å². The van der Waals surface area contributed by atoms with Gasteiger partial charge in [-0.15, -0.1) is 0 Å². The molecule has 1 amide bonds. The van der Waals surface area contributed by atoms with Gasteiger partial charge in [0, 0.05) is 31.4 Å². The fourth-order valence-electron chi connectivity index (χ4n) is 2.81. The highest BCUT2D eigenvalue weighted by Crippen LogP contribution is 2.21. The maximum Gasteiger partial charge on any atom is 0.255 e. The molecule has 5 heteroatoms. The Kier molecular flexibility index (Phi) is 3.22. The lowest BCUT2D eigenvalue weighted by atomic mass is 10.1. The van der Waals surface area contributed by atoms with E-state index in [0.717, 1.165) is 19.5 Å². The molecule has 2 fully saturated rings. The van der Waals surface area contributed by atoms with E-state index >= 15 is 0 Å². The van der Waals surface area contributed by atoms with E-state index in [1.54, 1.807) is 18.3 Å². The van der Waals surface area contributed by atoms with Crippen LogP contribution in [0.25, 0.3) is 0 Å². The Hall–Kier alpha value is -1.13. The normalized spacial score (nSPS) is 27.1. The molecule has 2 unspecified atom stereocenters. The highest BCUT2D eigenvalue weighted by atomic mass is 35.5. The number of nitrogens with zero attached hydrogens (tertiary/aromatic N) is 2. The zero-order valence-electron chi connectivity index (χ0n) is 10.1. The molecule has 2 bridgehead atoms. The minimum atomic E-state index is 0.0634. The lowest BCUT2D eigenvalue weighted by Gasteiger charge is -2.24. The summed E-state index contributed by atoms with van der Waals surface area (Å²) in [6.07, 6.45) is 5.02. The third-order valence-electron chi connectivity index (χ3n) is 3.78. The van der Waals surface area contributed by atoms with Gasteiger partial charge in [0.1, 0.15) is 5.15 Å². The quantitative estimate of drug-likeness (QED) is 0.786. The molecule has 4 nitrogen and oxygen atoms in total. The van der Waals surface area contributed by atoms with Gasteiger partial charge in [0.15, 0.2) is 0 Å². The zero-order valence-corrected chi connectivity index (χ0v) is 10.9. The van der Waals surface area contributed by atoms with Crippen LogP contribution in [0.5, 0.6) is 0 Å². The van der Waals surface area contributed by atoms with Gasteiger partial charge in [-0.05, 0) is 31.4 Å².